The third-order valence-corrected chi connectivity index (χ3v) is 13.2. The predicted molar refractivity (Wildman–Crippen MR) is 261 cm³/mol. The van der Waals surface area contributed by atoms with Crippen LogP contribution in [0.25, 0.3) is 0 Å². The van der Waals surface area contributed by atoms with Gasteiger partial charge >= 0.3 is 5.97 Å². The van der Waals surface area contributed by atoms with Crippen LogP contribution in [-0.4, -0.2) is 143 Å². The highest BCUT2D eigenvalue weighted by Crippen LogP contribution is 2.27. The Labute approximate surface area is 412 Å². The molecule has 3 aliphatic rings. The fraction of sp³-hybridized carbons (Fsp3) is 0.596. The minimum absolute atomic E-state index is 0.0163. The molecule has 0 bridgehead atoms. The highest BCUT2D eigenvalue weighted by atomic mass is 16.5. The number of carbonyl (C=O) groups is 9. The number of rotatable bonds is 10. The second-order valence-electron chi connectivity index (χ2n) is 20.2. The third-order valence-electron chi connectivity index (χ3n) is 13.2. The molecule has 2 aromatic carbocycles. The van der Waals surface area contributed by atoms with E-state index in [1.54, 1.807) is 74.5 Å². The number of hydrogen-bond donors (Lipinski definition) is 5. The standard InChI is InChI=1S/C52H74N8O10/c1-30(2)26-37-46(63)57-43(32(5)6)51(68)60-25-17-23-41(60)50(67)59-24-16-22-40(59)47(64)56-39(27-31(3)4)49(66)58(9)42(29-36-20-14-11-15-21-36)52(69)70-33(7)44(53-34(8)61)48(65)55-38(45(62)54-37)28-35-18-12-10-13-19-35/h10-15,18-21,30-33,37-44H,16-17,22-29H2,1-9H3,(H,53,61)(H,54,62)(H,55,65)(H,56,64)(H,57,63)/t33?,37-,38?,39?,40-,41-,42-,43?,44?/m0/s1. The lowest BCUT2D eigenvalue weighted by molar-refractivity contribution is -0.161. The number of esters is 1. The third kappa shape index (κ3) is 14.4. The summed E-state index contributed by atoms with van der Waals surface area (Å²) in [6, 6.07) is 8.42. The first-order chi connectivity index (χ1) is 33.2. The molecule has 18 nitrogen and oxygen atoms in total. The number of ether oxygens (including phenoxy) is 1. The number of carbonyl (C=O) groups excluding carboxylic acids is 9. The lowest BCUT2D eigenvalue weighted by atomic mass is 9.98. The van der Waals surface area contributed by atoms with Gasteiger partial charge in [-0.3, -0.25) is 38.4 Å². The highest BCUT2D eigenvalue weighted by molar-refractivity contribution is 5.98. The first kappa shape index (κ1) is 54.6. The zero-order valence-corrected chi connectivity index (χ0v) is 42.2. The number of benzene rings is 2. The fourth-order valence-corrected chi connectivity index (χ4v) is 9.54. The van der Waals surface area contributed by atoms with Gasteiger partial charge in [0.2, 0.25) is 47.3 Å². The molecule has 5 rings (SSSR count). The van der Waals surface area contributed by atoms with Crippen LogP contribution >= 0.6 is 0 Å². The average Bonchev–Trinajstić information content (AvgIpc) is 4.01. The van der Waals surface area contributed by atoms with Gasteiger partial charge in [0, 0.05) is 39.9 Å². The highest BCUT2D eigenvalue weighted by Gasteiger charge is 2.46. The topological polar surface area (TPSA) is 233 Å². The zero-order chi connectivity index (χ0) is 51.4. The van der Waals surface area contributed by atoms with Crippen molar-refractivity contribution in [3.8, 4) is 0 Å². The van der Waals surface area contributed by atoms with Crippen molar-refractivity contribution in [3.05, 3.63) is 71.8 Å². The molecule has 3 aliphatic heterocycles. The molecular weight excluding hydrogens is 897 g/mol. The Balaban J connectivity index is 1.60. The van der Waals surface area contributed by atoms with E-state index in [4.69, 9.17) is 4.74 Å². The molecule has 382 valence electrons. The van der Waals surface area contributed by atoms with Gasteiger partial charge in [-0.2, -0.15) is 0 Å². The van der Waals surface area contributed by atoms with E-state index in [9.17, 15) is 43.2 Å². The molecule has 5 N–H and O–H groups in total. The largest absolute Gasteiger partial charge is 0.458 e. The first-order valence-corrected chi connectivity index (χ1v) is 24.8. The Morgan fingerprint density at radius 3 is 1.69 bits per heavy atom. The number of fused-ring (bicyclic) bond motifs is 2. The quantitative estimate of drug-likeness (QED) is 0.218. The summed E-state index contributed by atoms with van der Waals surface area (Å²) in [7, 11) is 1.44. The van der Waals surface area contributed by atoms with Crippen molar-refractivity contribution in [2.75, 3.05) is 20.1 Å². The van der Waals surface area contributed by atoms with Gasteiger partial charge < -0.3 is 46.0 Å². The van der Waals surface area contributed by atoms with Crippen molar-refractivity contribution >= 4 is 53.2 Å². The summed E-state index contributed by atoms with van der Waals surface area (Å²) in [5, 5.41) is 13.9. The Hall–Kier alpha value is -6.33. The molecule has 0 radical (unpaired) electrons. The molecule has 3 fully saturated rings. The van der Waals surface area contributed by atoms with E-state index < -0.39 is 114 Å². The molecule has 3 heterocycles. The van der Waals surface area contributed by atoms with Gasteiger partial charge in [0.05, 0.1) is 0 Å². The van der Waals surface area contributed by atoms with Crippen LogP contribution in [0, 0.1) is 17.8 Å². The normalized spacial score (nSPS) is 27.3. The lowest BCUT2D eigenvalue weighted by Gasteiger charge is -2.35. The predicted octanol–water partition coefficient (Wildman–Crippen LogP) is 2.42. The maximum Gasteiger partial charge on any atom is 0.329 e. The Morgan fingerprint density at radius 2 is 1.13 bits per heavy atom. The van der Waals surface area contributed by atoms with E-state index in [0.29, 0.717) is 36.8 Å². The van der Waals surface area contributed by atoms with Gasteiger partial charge in [0.1, 0.15) is 54.4 Å². The monoisotopic (exact) mass is 971 g/mol. The number of hydrogen-bond acceptors (Lipinski definition) is 10. The van der Waals surface area contributed by atoms with Crippen molar-refractivity contribution in [1.29, 1.82) is 0 Å². The van der Waals surface area contributed by atoms with E-state index in [1.807, 2.05) is 27.7 Å². The molecular formula is C52H74N8O10. The van der Waals surface area contributed by atoms with Crippen LogP contribution in [-0.2, 0) is 60.7 Å². The molecule has 8 amide bonds. The van der Waals surface area contributed by atoms with Gasteiger partial charge in [-0.1, -0.05) is 102 Å². The van der Waals surface area contributed by atoms with Gasteiger partial charge in [-0.25, -0.2) is 4.79 Å². The second-order valence-corrected chi connectivity index (χ2v) is 20.2. The van der Waals surface area contributed by atoms with Gasteiger partial charge in [0.25, 0.3) is 0 Å². The summed E-state index contributed by atoms with van der Waals surface area (Å²) >= 11 is 0. The molecule has 18 heteroatoms. The minimum Gasteiger partial charge on any atom is -0.458 e. The summed E-state index contributed by atoms with van der Waals surface area (Å²) in [4.78, 5) is 133. The summed E-state index contributed by atoms with van der Waals surface area (Å²) in [6.07, 6.45) is 0.618. The Bertz CT molecular complexity index is 2190. The van der Waals surface area contributed by atoms with E-state index >= 15 is 0 Å². The van der Waals surface area contributed by atoms with Crippen LogP contribution in [0.2, 0.25) is 0 Å². The molecule has 5 unspecified atom stereocenters. The van der Waals surface area contributed by atoms with Crippen LogP contribution in [0.5, 0.6) is 0 Å². The number of cyclic esters (lactones) is 1. The maximum atomic E-state index is 14.7. The Morgan fingerprint density at radius 1 is 0.629 bits per heavy atom. The van der Waals surface area contributed by atoms with Crippen LogP contribution in [0.3, 0.4) is 0 Å². The first-order valence-electron chi connectivity index (χ1n) is 24.8. The minimum atomic E-state index is -1.53. The molecule has 0 aromatic heterocycles. The SMILES string of the molecule is CC(=O)NC1C(=O)NC(Cc2ccccc2)C(=O)N[C@@H](CC(C)C)C(=O)NC(C(C)C)C(=O)N2CCC[C@H]2C(=O)N2CCC[C@H]2C(=O)NC(CC(C)C)C(=O)N(C)[C@@H](Cc2ccccc2)C(=O)OC1C. The summed E-state index contributed by atoms with van der Waals surface area (Å²) in [5.41, 5.74) is 1.34. The molecule has 0 aliphatic carbocycles. The summed E-state index contributed by atoms with van der Waals surface area (Å²) < 4.78 is 6.00. The number of nitrogens with one attached hydrogen (secondary N) is 5. The average molecular weight is 971 g/mol. The summed E-state index contributed by atoms with van der Waals surface area (Å²) in [6.45, 7) is 14.2. The van der Waals surface area contributed by atoms with Crippen LogP contribution < -0.4 is 26.6 Å². The smallest absolute Gasteiger partial charge is 0.329 e. The molecule has 3 saturated heterocycles. The van der Waals surface area contributed by atoms with Crippen LogP contribution in [0.4, 0.5) is 0 Å². The van der Waals surface area contributed by atoms with Gasteiger partial charge in [-0.15, -0.1) is 0 Å². The molecule has 9 atom stereocenters. The van der Waals surface area contributed by atoms with Gasteiger partial charge in [0.15, 0.2) is 0 Å². The molecule has 0 saturated carbocycles. The van der Waals surface area contributed by atoms with E-state index in [1.165, 1.54) is 35.6 Å². The van der Waals surface area contributed by atoms with Crippen molar-refractivity contribution in [2.24, 2.45) is 17.8 Å². The number of amides is 8. The van der Waals surface area contributed by atoms with Crippen LogP contribution in [0.15, 0.2) is 60.7 Å². The van der Waals surface area contributed by atoms with E-state index in [-0.39, 0.29) is 50.6 Å². The van der Waals surface area contributed by atoms with Crippen molar-refractivity contribution < 1.29 is 47.9 Å². The lowest BCUT2D eigenvalue weighted by Crippen LogP contribution is -2.61. The van der Waals surface area contributed by atoms with E-state index in [0.717, 1.165) is 0 Å². The van der Waals surface area contributed by atoms with Crippen molar-refractivity contribution in [2.45, 2.75) is 161 Å². The van der Waals surface area contributed by atoms with E-state index in [2.05, 4.69) is 26.6 Å². The van der Waals surface area contributed by atoms with Crippen molar-refractivity contribution in [3.63, 3.8) is 0 Å². The molecule has 70 heavy (non-hydrogen) atoms. The van der Waals surface area contributed by atoms with Gasteiger partial charge in [-0.05, 0) is 74.3 Å². The van der Waals surface area contributed by atoms with Crippen LogP contribution in [0.1, 0.15) is 105 Å². The fourth-order valence-electron chi connectivity index (χ4n) is 9.54. The Kier molecular flexibility index (Phi) is 19.5. The van der Waals surface area contributed by atoms with Crippen molar-refractivity contribution in [1.82, 2.24) is 41.3 Å². The zero-order valence-electron chi connectivity index (χ0n) is 42.2. The summed E-state index contributed by atoms with van der Waals surface area (Å²) in [5.74, 6) is -6.45. The maximum absolute atomic E-state index is 14.7. The molecule has 0 spiro atoms. The number of nitrogens with zero attached hydrogens (tertiary/aromatic N) is 3. The second kappa shape index (κ2) is 25.0. The molecule has 2 aromatic rings. The number of likely N-dealkylation sites (N-methyl/N-ethyl adjacent to an activating group) is 1.